The van der Waals surface area contributed by atoms with E-state index in [2.05, 4.69) is 66.3 Å². The summed E-state index contributed by atoms with van der Waals surface area (Å²) in [5, 5.41) is 3.71. The van der Waals surface area contributed by atoms with E-state index >= 15 is 0 Å². The third-order valence-electron chi connectivity index (χ3n) is 3.96. The Morgan fingerprint density at radius 3 is 2.44 bits per heavy atom. The van der Waals surface area contributed by atoms with Crippen molar-refractivity contribution in [2.24, 2.45) is 5.41 Å². The average Bonchev–Trinajstić information content (AvgIpc) is 2.98. The minimum Gasteiger partial charge on any atom is -0.307 e. The average molecular weight is 282 g/mol. The number of benzene rings is 1. The van der Waals surface area contributed by atoms with Crippen LogP contribution in [0.1, 0.15) is 45.2 Å². The van der Waals surface area contributed by atoms with Crippen LogP contribution in [0.5, 0.6) is 0 Å². The van der Waals surface area contributed by atoms with Gasteiger partial charge in [-0.3, -0.25) is 0 Å². The molecule has 0 saturated heterocycles. The predicted octanol–water partition coefficient (Wildman–Crippen LogP) is 4.29. The van der Waals surface area contributed by atoms with Gasteiger partial charge in [0.15, 0.2) is 0 Å². The Labute approximate surface area is 107 Å². The lowest BCUT2D eigenvalue weighted by Crippen LogP contribution is -2.35. The molecule has 2 heteroatoms. The second-order valence-corrected chi connectivity index (χ2v) is 6.14. The summed E-state index contributed by atoms with van der Waals surface area (Å²) in [5.74, 6) is 0. The summed E-state index contributed by atoms with van der Waals surface area (Å²) in [5.41, 5.74) is 1.88. The molecular weight excluding hydrogens is 262 g/mol. The van der Waals surface area contributed by atoms with Crippen molar-refractivity contribution in [2.45, 2.75) is 45.7 Å². The van der Waals surface area contributed by atoms with E-state index in [1.165, 1.54) is 22.9 Å². The van der Waals surface area contributed by atoms with Crippen LogP contribution in [0, 0.1) is 5.41 Å². The molecule has 1 fully saturated rings. The van der Waals surface area contributed by atoms with E-state index in [-0.39, 0.29) is 0 Å². The van der Waals surface area contributed by atoms with E-state index in [0.29, 0.717) is 17.5 Å². The molecule has 1 saturated carbocycles. The summed E-state index contributed by atoms with van der Waals surface area (Å²) >= 11 is 3.61. The van der Waals surface area contributed by atoms with Gasteiger partial charge in [0.1, 0.15) is 0 Å². The molecule has 1 N–H and O–H groups in total. The molecule has 1 aliphatic carbocycles. The predicted molar refractivity (Wildman–Crippen MR) is 72.5 cm³/mol. The van der Waals surface area contributed by atoms with Crippen LogP contribution in [0.4, 0.5) is 0 Å². The van der Waals surface area contributed by atoms with Crippen LogP contribution < -0.4 is 5.32 Å². The van der Waals surface area contributed by atoms with Crippen LogP contribution in [0.15, 0.2) is 28.7 Å². The molecule has 1 aromatic carbocycles. The molecule has 0 heterocycles. The monoisotopic (exact) mass is 281 g/mol. The van der Waals surface area contributed by atoms with Gasteiger partial charge in [0.05, 0.1) is 0 Å². The smallest absolute Gasteiger partial charge is 0.0305 e. The maximum Gasteiger partial charge on any atom is 0.0305 e. The Balaban J connectivity index is 2.03. The number of halogens is 1. The SMILES string of the molecule is CC(NC(C)C1(C)CC1)c1ccccc1Br. The second kappa shape index (κ2) is 4.50. The lowest BCUT2D eigenvalue weighted by Gasteiger charge is -2.25. The van der Waals surface area contributed by atoms with Crippen molar-refractivity contribution in [2.75, 3.05) is 0 Å². The van der Waals surface area contributed by atoms with Crippen molar-refractivity contribution in [1.82, 2.24) is 5.32 Å². The highest BCUT2D eigenvalue weighted by Gasteiger charge is 2.42. The number of hydrogen-bond donors (Lipinski definition) is 1. The Morgan fingerprint density at radius 2 is 1.88 bits per heavy atom. The van der Waals surface area contributed by atoms with Crippen LogP contribution in [0.25, 0.3) is 0 Å². The van der Waals surface area contributed by atoms with Gasteiger partial charge in [0.2, 0.25) is 0 Å². The Hall–Kier alpha value is -0.340. The molecule has 0 aromatic heterocycles. The van der Waals surface area contributed by atoms with E-state index in [1.54, 1.807) is 0 Å². The third-order valence-corrected chi connectivity index (χ3v) is 4.68. The topological polar surface area (TPSA) is 12.0 Å². The molecule has 1 aromatic rings. The first kappa shape index (κ1) is 12.1. The lowest BCUT2D eigenvalue weighted by atomic mass is 9.98. The maximum atomic E-state index is 3.71. The highest BCUT2D eigenvalue weighted by atomic mass is 79.9. The van der Waals surface area contributed by atoms with E-state index < -0.39 is 0 Å². The first-order valence-electron chi connectivity index (χ1n) is 6.03. The zero-order valence-corrected chi connectivity index (χ0v) is 11.8. The summed E-state index contributed by atoms with van der Waals surface area (Å²) in [6, 6.07) is 9.45. The first-order chi connectivity index (χ1) is 7.53. The summed E-state index contributed by atoms with van der Waals surface area (Å²) in [4.78, 5) is 0. The van der Waals surface area contributed by atoms with E-state index in [9.17, 15) is 0 Å². The lowest BCUT2D eigenvalue weighted by molar-refractivity contribution is 0.350. The molecule has 0 radical (unpaired) electrons. The van der Waals surface area contributed by atoms with Crippen molar-refractivity contribution in [3.63, 3.8) is 0 Å². The summed E-state index contributed by atoms with van der Waals surface area (Å²) < 4.78 is 1.20. The van der Waals surface area contributed by atoms with Crippen LogP contribution >= 0.6 is 15.9 Å². The summed E-state index contributed by atoms with van der Waals surface area (Å²) in [6.07, 6.45) is 2.73. The van der Waals surface area contributed by atoms with Gasteiger partial charge in [0.25, 0.3) is 0 Å². The van der Waals surface area contributed by atoms with Crippen LogP contribution in [0.2, 0.25) is 0 Å². The molecule has 2 rings (SSSR count). The fraction of sp³-hybridized carbons (Fsp3) is 0.571. The fourth-order valence-electron chi connectivity index (χ4n) is 2.12. The quantitative estimate of drug-likeness (QED) is 0.868. The number of hydrogen-bond acceptors (Lipinski definition) is 1. The Kier molecular flexibility index (Phi) is 3.41. The van der Waals surface area contributed by atoms with Gasteiger partial charge in [-0.25, -0.2) is 0 Å². The largest absolute Gasteiger partial charge is 0.307 e. The minimum absolute atomic E-state index is 0.406. The molecule has 0 amide bonds. The van der Waals surface area contributed by atoms with Crippen LogP contribution in [-0.4, -0.2) is 6.04 Å². The van der Waals surface area contributed by atoms with Crippen LogP contribution in [0.3, 0.4) is 0 Å². The van der Waals surface area contributed by atoms with Gasteiger partial charge in [-0.2, -0.15) is 0 Å². The summed E-state index contributed by atoms with van der Waals surface area (Å²) in [7, 11) is 0. The molecular formula is C14H20BrN. The van der Waals surface area contributed by atoms with Crippen molar-refractivity contribution >= 4 is 15.9 Å². The van der Waals surface area contributed by atoms with Gasteiger partial charge in [0, 0.05) is 16.6 Å². The fourth-order valence-corrected chi connectivity index (χ4v) is 2.75. The molecule has 2 unspecified atom stereocenters. The van der Waals surface area contributed by atoms with Crippen molar-refractivity contribution in [3.05, 3.63) is 34.3 Å². The number of rotatable bonds is 4. The molecule has 0 spiro atoms. The molecule has 2 atom stereocenters. The minimum atomic E-state index is 0.406. The van der Waals surface area contributed by atoms with Crippen molar-refractivity contribution < 1.29 is 0 Å². The third kappa shape index (κ3) is 2.49. The van der Waals surface area contributed by atoms with Gasteiger partial charge in [-0.1, -0.05) is 41.1 Å². The van der Waals surface area contributed by atoms with Gasteiger partial charge < -0.3 is 5.32 Å². The molecule has 0 bridgehead atoms. The normalized spacial score (nSPS) is 21.5. The van der Waals surface area contributed by atoms with Crippen LogP contribution in [-0.2, 0) is 0 Å². The second-order valence-electron chi connectivity index (χ2n) is 5.29. The molecule has 16 heavy (non-hydrogen) atoms. The molecule has 1 nitrogen and oxygen atoms in total. The summed E-state index contributed by atoms with van der Waals surface area (Å²) in [6.45, 7) is 6.92. The van der Waals surface area contributed by atoms with Gasteiger partial charge in [-0.05, 0) is 43.7 Å². The van der Waals surface area contributed by atoms with Gasteiger partial charge in [-0.15, -0.1) is 0 Å². The highest BCUT2D eigenvalue weighted by molar-refractivity contribution is 9.10. The first-order valence-corrected chi connectivity index (χ1v) is 6.83. The number of nitrogens with one attached hydrogen (secondary N) is 1. The standard InChI is InChI=1S/C14H20BrN/c1-10(12-6-4-5-7-13(12)15)16-11(2)14(3)8-9-14/h4-7,10-11,16H,8-9H2,1-3H3. The molecule has 0 aliphatic heterocycles. The Bertz CT molecular complexity index is 371. The van der Waals surface area contributed by atoms with E-state index in [1.807, 2.05) is 0 Å². The van der Waals surface area contributed by atoms with Gasteiger partial charge >= 0.3 is 0 Å². The molecule has 88 valence electrons. The van der Waals surface area contributed by atoms with Crippen molar-refractivity contribution in [1.29, 1.82) is 0 Å². The maximum absolute atomic E-state index is 3.71. The molecule has 1 aliphatic rings. The van der Waals surface area contributed by atoms with Crippen molar-refractivity contribution in [3.8, 4) is 0 Å². The van der Waals surface area contributed by atoms with E-state index in [0.717, 1.165) is 0 Å². The van der Waals surface area contributed by atoms with E-state index in [4.69, 9.17) is 0 Å². The zero-order chi connectivity index (χ0) is 11.8. The zero-order valence-electron chi connectivity index (χ0n) is 10.3. The highest BCUT2D eigenvalue weighted by Crippen LogP contribution is 2.48. The Morgan fingerprint density at radius 1 is 1.25 bits per heavy atom.